The van der Waals surface area contributed by atoms with Crippen molar-refractivity contribution in [3.63, 3.8) is 0 Å². The maximum atomic E-state index is 3.89. The summed E-state index contributed by atoms with van der Waals surface area (Å²) < 4.78 is 0. The van der Waals surface area contributed by atoms with Crippen molar-refractivity contribution in [2.24, 2.45) is 0 Å². The molecule has 19 heavy (non-hydrogen) atoms. The number of H-pyrrole nitrogens is 1. The van der Waals surface area contributed by atoms with E-state index in [9.17, 15) is 0 Å². The molecule has 3 nitrogen and oxygen atoms in total. The van der Waals surface area contributed by atoms with Gasteiger partial charge in [0.2, 0.25) is 0 Å². The van der Waals surface area contributed by atoms with Gasteiger partial charge in [-0.3, -0.25) is 5.10 Å². The standard InChI is InChI=1S/C8H6N3.C7H7.U/c1-2-4-7(5-3-1)8-9-6-10-11-8;1-7-5-3-2-4-6-7;/h1-5H,(H,9,10,11);2-6H,1H2;/q2*-1;+2. The number of aromatic amines is 1. The number of rotatable bonds is 1. The first-order valence-corrected chi connectivity index (χ1v) is 5.57. The Morgan fingerprint density at radius 1 is 0.895 bits per heavy atom. The number of hydrogen-bond acceptors (Lipinski definition) is 2. The third kappa shape index (κ3) is 5.34. The van der Waals surface area contributed by atoms with Gasteiger partial charge < -0.3 is 10.1 Å². The van der Waals surface area contributed by atoms with Crippen molar-refractivity contribution in [3.8, 4) is 11.4 Å². The number of benzene rings is 2. The Morgan fingerprint density at radius 2 is 1.47 bits per heavy atom. The Kier molecular flexibility index (Phi) is 7.02. The molecule has 4 heteroatoms. The van der Waals surface area contributed by atoms with E-state index >= 15 is 0 Å². The van der Waals surface area contributed by atoms with E-state index in [1.165, 1.54) is 0 Å². The van der Waals surface area contributed by atoms with E-state index < -0.39 is 0 Å². The molecule has 0 amide bonds. The fourth-order valence-electron chi connectivity index (χ4n) is 1.38. The molecular weight excluding hydrogens is 460 g/mol. The quantitative estimate of drug-likeness (QED) is 0.552. The summed E-state index contributed by atoms with van der Waals surface area (Å²) in [6, 6.07) is 19.6. The van der Waals surface area contributed by atoms with E-state index in [-0.39, 0.29) is 31.1 Å². The van der Waals surface area contributed by atoms with Crippen LogP contribution in [-0.2, 0) is 0 Å². The van der Waals surface area contributed by atoms with E-state index in [1.54, 1.807) is 0 Å². The fraction of sp³-hybridized carbons (Fsp3) is 0. The zero-order valence-electron chi connectivity index (χ0n) is 10.4. The maximum absolute atomic E-state index is 3.89. The van der Waals surface area contributed by atoms with Crippen molar-refractivity contribution >= 4 is 0 Å². The molecule has 1 N–H and O–H groups in total. The first-order valence-electron chi connectivity index (χ1n) is 5.57. The molecule has 0 saturated carbocycles. The predicted octanol–water partition coefficient (Wildman–Crippen LogP) is 3.14. The molecule has 92 valence electrons. The van der Waals surface area contributed by atoms with Crippen LogP contribution in [0.4, 0.5) is 0 Å². The Balaban J connectivity index is 0.000000198. The van der Waals surface area contributed by atoms with Crippen LogP contribution in [0.25, 0.3) is 11.4 Å². The van der Waals surface area contributed by atoms with Crippen molar-refractivity contribution in [2.75, 3.05) is 0 Å². The SMILES string of the molecule is [CH2-]c1ccccc1.[U+2].[c-]1nc(-c2ccccc2)n[nH]1. The van der Waals surface area contributed by atoms with Crippen LogP contribution < -0.4 is 0 Å². The van der Waals surface area contributed by atoms with E-state index in [1.807, 2.05) is 60.7 Å². The summed E-state index contributed by atoms with van der Waals surface area (Å²) in [5.74, 6) is 0.686. The molecule has 0 spiro atoms. The van der Waals surface area contributed by atoms with Gasteiger partial charge in [-0.05, 0) is 0 Å². The van der Waals surface area contributed by atoms with Crippen molar-refractivity contribution < 1.29 is 31.1 Å². The molecular formula is C15H13N3U. The van der Waals surface area contributed by atoms with E-state index in [4.69, 9.17) is 0 Å². The Labute approximate surface area is 136 Å². The molecule has 1 aromatic heterocycles. The molecule has 3 aromatic rings. The molecule has 0 atom stereocenters. The maximum Gasteiger partial charge on any atom is 2.00 e. The van der Waals surface area contributed by atoms with Crippen LogP contribution in [0.5, 0.6) is 0 Å². The summed E-state index contributed by atoms with van der Waals surface area (Å²) in [7, 11) is 0. The fourth-order valence-corrected chi connectivity index (χ4v) is 1.38. The van der Waals surface area contributed by atoms with E-state index in [2.05, 4.69) is 28.4 Å². The summed E-state index contributed by atoms with van der Waals surface area (Å²) in [6.45, 7) is 3.72. The van der Waals surface area contributed by atoms with Gasteiger partial charge >= 0.3 is 31.1 Å². The molecule has 0 unspecified atom stereocenters. The molecule has 0 bridgehead atoms. The zero-order valence-corrected chi connectivity index (χ0v) is 14.5. The summed E-state index contributed by atoms with van der Waals surface area (Å²) in [4.78, 5) is 3.89. The van der Waals surface area contributed by atoms with Gasteiger partial charge in [0.05, 0.1) is 0 Å². The van der Waals surface area contributed by atoms with Gasteiger partial charge in [0.25, 0.3) is 0 Å². The summed E-state index contributed by atoms with van der Waals surface area (Å²) in [5, 5.41) is 6.44. The van der Waals surface area contributed by atoms with Crippen LogP contribution in [0.15, 0.2) is 60.7 Å². The number of nitrogens with one attached hydrogen (secondary N) is 1. The predicted molar refractivity (Wildman–Crippen MR) is 71.6 cm³/mol. The molecule has 0 radical (unpaired) electrons. The van der Waals surface area contributed by atoms with E-state index in [0.29, 0.717) is 5.82 Å². The van der Waals surface area contributed by atoms with Crippen molar-refractivity contribution in [1.29, 1.82) is 0 Å². The van der Waals surface area contributed by atoms with Gasteiger partial charge in [-0.25, -0.2) is 0 Å². The third-order valence-corrected chi connectivity index (χ3v) is 2.25. The molecule has 0 fully saturated rings. The minimum atomic E-state index is 0. The van der Waals surface area contributed by atoms with Crippen LogP contribution in [0.3, 0.4) is 0 Å². The third-order valence-electron chi connectivity index (χ3n) is 2.25. The molecule has 1 heterocycles. The molecule has 0 aliphatic carbocycles. The van der Waals surface area contributed by atoms with Crippen LogP contribution in [0.2, 0.25) is 0 Å². The van der Waals surface area contributed by atoms with Gasteiger partial charge in [-0.2, -0.15) is 24.6 Å². The van der Waals surface area contributed by atoms with Crippen LogP contribution in [0.1, 0.15) is 5.56 Å². The largest absolute Gasteiger partial charge is 2.00 e. The first-order chi connectivity index (χ1) is 8.86. The molecule has 0 aliphatic rings. The monoisotopic (exact) mass is 473 g/mol. The Morgan fingerprint density at radius 3 is 1.89 bits per heavy atom. The second-order valence-corrected chi connectivity index (χ2v) is 3.62. The van der Waals surface area contributed by atoms with Crippen LogP contribution in [-0.4, -0.2) is 15.2 Å². The summed E-state index contributed by atoms with van der Waals surface area (Å²) in [5.41, 5.74) is 2.08. The second-order valence-electron chi connectivity index (χ2n) is 3.62. The van der Waals surface area contributed by atoms with Crippen molar-refractivity contribution in [2.45, 2.75) is 0 Å². The molecule has 2 aromatic carbocycles. The molecule has 0 saturated heterocycles. The Bertz CT molecular complexity index is 550. The molecule has 3 rings (SSSR count). The smallest absolute Gasteiger partial charge is 0.414 e. The summed E-state index contributed by atoms with van der Waals surface area (Å²) >= 11 is 0. The number of aromatic nitrogens is 3. The first kappa shape index (κ1) is 15.6. The van der Waals surface area contributed by atoms with Crippen LogP contribution in [0, 0.1) is 44.4 Å². The summed E-state index contributed by atoms with van der Waals surface area (Å²) in [6.07, 6.45) is 2.54. The number of nitrogens with zero attached hydrogens (tertiary/aromatic N) is 2. The topological polar surface area (TPSA) is 41.6 Å². The van der Waals surface area contributed by atoms with Crippen molar-refractivity contribution in [3.05, 3.63) is 79.5 Å². The van der Waals surface area contributed by atoms with Gasteiger partial charge in [0, 0.05) is 5.82 Å². The van der Waals surface area contributed by atoms with Gasteiger partial charge in [-0.15, -0.1) is 12.1 Å². The normalized spacial score (nSPS) is 8.84. The van der Waals surface area contributed by atoms with Gasteiger partial charge in [0.1, 0.15) is 0 Å². The zero-order chi connectivity index (χ0) is 12.6. The second kappa shape index (κ2) is 8.58. The van der Waals surface area contributed by atoms with Gasteiger partial charge in [0.15, 0.2) is 0 Å². The van der Waals surface area contributed by atoms with Crippen molar-refractivity contribution in [1.82, 2.24) is 15.2 Å². The minimum Gasteiger partial charge on any atom is -0.414 e. The Hall–Kier alpha value is -1.50. The average molecular weight is 473 g/mol. The number of hydrogen-bond donors (Lipinski definition) is 1. The van der Waals surface area contributed by atoms with Gasteiger partial charge in [-0.1, -0.05) is 48.3 Å². The van der Waals surface area contributed by atoms with Crippen LogP contribution >= 0.6 is 0 Å². The molecule has 0 aliphatic heterocycles. The van der Waals surface area contributed by atoms with E-state index in [0.717, 1.165) is 11.1 Å². The minimum absolute atomic E-state index is 0. The average Bonchev–Trinajstić information content (AvgIpc) is 2.95.